The molecule has 0 aliphatic carbocycles. The monoisotopic (exact) mass is 290 g/mol. The van der Waals surface area contributed by atoms with Gasteiger partial charge < -0.3 is 10.2 Å². The molecule has 3 rings (SSSR count). The zero-order valence-corrected chi connectivity index (χ0v) is 11.3. The van der Waals surface area contributed by atoms with Crippen LogP contribution < -0.4 is 21.5 Å². The number of nitrogens with two attached hydrogens (primary N) is 1. The number of carbonyl (C=O) groups is 1. The van der Waals surface area contributed by atoms with Crippen molar-refractivity contribution < 1.29 is 4.79 Å². The van der Waals surface area contributed by atoms with Crippen LogP contribution in [0.1, 0.15) is 6.92 Å². The van der Waals surface area contributed by atoms with E-state index in [1.807, 2.05) is 0 Å². The minimum absolute atomic E-state index is 0.0776. The van der Waals surface area contributed by atoms with Gasteiger partial charge in [-0.25, -0.2) is 10.8 Å². The van der Waals surface area contributed by atoms with Gasteiger partial charge in [-0.3, -0.25) is 10.2 Å². The lowest BCUT2D eigenvalue weighted by Gasteiger charge is -2.32. The first-order chi connectivity index (χ1) is 10.2. The Morgan fingerprint density at radius 3 is 2.90 bits per heavy atom. The fraction of sp³-hybridized carbons (Fsp3) is 0.400. The summed E-state index contributed by atoms with van der Waals surface area (Å²) >= 11 is 0. The summed E-state index contributed by atoms with van der Waals surface area (Å²) in [5.41, 5.74) is 2.38. The Hall–Kier alpha value is -2.82. The molecule has 3 heterocycles. The van der Waals surface area contributed by atoms with E-state index in [0.717, 1.165) is 0 Å². The molecule has 0 saturated carbocycles. The smallest absolute Gasteiger partial charge is 0.258 e. The van der Waals surface area contributed by atoms with Gasteiger partial charge in [0, 0.05) is 13.1 Å². The average Bonchev–Trinajstić information content (AvgIpc) is 3.04. The number of hydrogen-bond acceptors (Lipinski definition) is 9. The van der Waals surface area contributed by atoms with E-state index in [1.54, 1.807) is 11.8 Å². The molecule has 1 amide bonds. The van der Waals surface area contributed by atoms with Crippen LogP contribution in [0.15, 0.2) is 12.7 Å². The second-order valence-corrected chi connectivity index (χ2v) is 4.40. The molecular formula is C10H14N10O. The molecular weight excluding hydrogens is 276 g/mol. The Kier molecular flexibility index (Phi) is 3.31. The number of hydrazine groups is 1. The molecule has 21 heavy (non-hydrogen) atoms. The summed E-state index contributed by atoms with van der Waals surface area (Å²) in [6, 6.07) is -0.379. The first-order valence-corrected chi connectivity index (χ1v) is 6.31. The Balaban J connectivity index is 2.01. The van der Waals surface area contributed by atoms with Crippen molar-refractivity contribution in [3.8, 4) is 5.95 Å². The number of anilines is 2. The Morgan fingerprint density at radius 2 is 2.19 bits per heavy atom. The van der Waals surface area contributed by atoms with Crippen LogP contribution in [0.25, 0.3) is 5.95 Å². The number of nitrogens with one attached hydrogen (secondary N) is 2. The van der Waals surface area contributed by atoms with E-state index < -0.39 is 0 Å². The minimum Gasteiger partial charge on any atom is -0.353 e. The van der Waals surface area contributed by atoms with Gasteiger partial charge in [-0.2, -0.15) is 24.7 Å². The van der Waals surface area contributed by atoms with Gasteiger partial charge in [-0.1, -0.05) is 0 Å². The van der Waals surface area contributed by atoms with Crippen molar-refractivity contribution in [2.24, 2.45) is 5.84 Å². The van der Waals surface area contributed by atoms with Crippen LogP contribution in [-0.2, 0) is 4.79 Å². The fourth-order valence-electron chi connectivity index (χ4n) is 2.02. The molecule has 4 N–H and O–H groups in total. The zero-order valence-electron chi connectivity index (χ0n) is 11.3. The van der Waals surface area contributed by atoms with Crippen molar-refractivity contribution in [2.45, 2.75) is 13.0 Å². The Bertz CT molecular complexity index is 641. The number of aromatic nitrogens is 6. The highest BCUT2D eigenvalue weighted by Crippen LogP contribution is 2.16. The largest absolute Gasteiger partial charge is 0.353 e. The van der Waals surface area contributed by atoms with Gasteiger partial charge >= 0.3 is 0 Å². The van der Waals surface area contributed by atoms with Crippen LogP contribution in [0.2, 0.25) is 0 Å². The minimum atomic E-state index is -0.379. The maximum Gasteiger partial charge on any atom is 0.258 e. The van der Waals surface area contributed by atoms with E-state index in [2.05, 4.69) is 35.8 Å². The molecule has 110 valence electrons. The zero-order chi connectivity index (χ0) is 14.8. The van der Waals surface area contributed by atoms with Gasteiger partial charge in [-0.05, 0) is 6.92 Å². The van der Waals surface area contributed by atoms with Crippen LogP contribution in [0, 0.1) is 0 Å². The van der Waals surface area contributed by atoms with E-state index in [-0.39, 0.29) is 23.8 Å². The number of hydrogen-bond donors (Lipinski definition) is 3. The van der Waals surface area contributed by atoms with Gasteiger partial charge in [0.2, 0.25) is 17.8 Å². The summed E-state index contributed by atoms with van der Waals surface area (Å²) in [6.45, 7) is 2.90. The summed E-state index contributed by atoms with van der Waals surface area (Å²) in [4.78, 5) is 30.0. The number of piperazine rings is 1. The predicted octanol–water partition coefficient (Wildman–Crippen LogP) is -1.94. The molecule has 1 unspecified atom stereocenters. The molecule has 1 saturated heterocycles. The molecule has 0 bridgehead atoms. The molecule has 11 nitrogen and oxygen atoms in total. The van der Waals surface area contributed by atoms with Gasteiger partial charge in [-0.15, -0.1) is 0 Å². The number of nitrogens with zero attached hydrogens (tertiary/aromatic N) is 7. The highest BCUT2D eigenvalue weighted by atomic mass is 16.2. The topological polar surface area (TPSA) is 140 Å². The van der Waals surface area contributed by atoms with Gasteiger partial charge in [0.15, 0.2) is 0 Å². The van der Waals surface area contributed by atoms with E-state index in [0.29, 0.717) is 19.0 Å². The summed E-state index contributed by atoms with van der Waals surface area (Å²) in [6.07, 6.45) is 2.84. The SMILES string of the molecule is CC1C(=O)NCCN1c1nc(NN)nc(-n2cncn2)n1. The molecule has 1 aliphatic heterocycles. The summed E-state index contributed by atoms with van der Waals surface area (Å²) in [7, 11) is 0. The molecule has 1 fully saturated rings. The molecule has 0 spiro atoms. The molecule has 1 atom stereocenters. The number of carbonyl (C=O) groups excluding carboxylic acids is 1. The molecule has 1 aliphatic rings. The molecule has 0 radical (unpaired) electrons. The van der Waals surface area contributed by atoms with E-state index in [9.17, 15) is 4.79 Å². The summed E-state index contributed by atoms with van der Waals surface area (Å²) in [5.74, 6) is 6.11. The lowest BCUT2D eigenvalue weighted by molar-refractivity contribution is -0.122. The third-order valence-electron chi connectivity index (χ3n) is 3.12. The predicted molar refractivity (Wildman–Crippen MR) is 72.4 cm³/mol. The quantitative estimate of drug-likeness (QED) is 0.435. The maximum absolute atomic E-state index is 11.8. The average molecular weight is 290 g/mol. The van der Waals surface area contributed by atoms with Crippen LogP contribution in [0.4, 0.5) is 11.9 Å². The first-order valence-electron chi connectivity index (χ1n) is 6.31. The Labute approximate surface area is 119 Å². The second-order valence-electron chi connectivity index (χ2n) is 4.40. The third kappa shape index (κ3) is 2.45. The lowest BCUT2D eigenvalue weighted by atomic mass is 10.2. The van der Waals surface area contributed by atoms with Gasteiger partial charge in [0.1, 0.15) is 18.7 Å². The van der Waals surface area contributed by atoms with Crippen molar-refractivity contribution in [3.63, 3.8) is 0 Å². The molecule has 0 aromatic carbocycles. The van der Waals surface area contributed by atoms with Crippen molar-refractivity contribution in [2.75, 3.05) is 23.4 Å². The van der Waals surface area contributed by atoms with Crippen LogP contribution in [0.3, 0.4) is 0 Å². The van der Waals surface area contributed by atoms with Crippen LogP contribution >= 0.6 is 0 Å². The van der Waals surface area contributed by atoms with Gasteiger partial charge in [0.05, 0.1) is 0 Å². The fourth-order valence-corrected chi connectivity index (χ4v) is 2.02. The standard InChI is InChI=1S/C10H14N10O/c1-6-7(21)13-2-3-19(6)9-15-8(18-11)16-10(17-9)20-5-12-4-14-20/h4-6H,2-3,11H2,1H3,(H,13,21)(H,15,16,17,18). The van der Waals surface area contributed by atoms with Gasteiger partial charge in [0.25, 0.3) is 5.95 Å². The van der Waals surface area contributed by atoms with Crippen LogP contribution in [0.5, 0.6) is 0 Å². The number of rotatable bonds is 3. The first kappa shape index (κ1) is 13.2. The summed E-state index contributed by atoms with van der Waals surface area (Å²) in [5, 5.41) is 6.75. The Morgan fingerprint density at radius 1 is 1.38 bits per heavy atom. The van der Waals surface area contributed by atoms with Crippen LogP contribution in [-0.4, -0.2) is 54.8 Å². The van der Waals surface area contributed by atoms with E-state index in [4.69, 9.17) is 5.84 Å². The summed E-state index contributed by atoms with van der Waals surface area (Å²) < 4.78 is 1.39. The van der Waals surface area contributed by atoms with Crippen molar-refractivity contribution in [1.82, 2.24) is 35.0 Å². The normalized spacial score (nSPS) is 18.5. The molecule has 2 aromatic heterocycles. The number of nitrogen functional groups attached to an aromatic ring is 1. The molecule has 2 aromatic rings. The second kappa shape index (κ2) is 5.28. The highest BCUT2D eigenvalue weighted by molar-refractivity contribution is 5.85. The van der Waals surface area contributed by atoms with Crippen molar-refractivity contribution >= 4 is 17.8 Å². The highest BCUT2D eigenvalue weighted by Gasteiger charge is 2.28. The number of amides is 1. The van der Waals surface area contributed by atoms with E-state index in [1.165, 1.54) is 17.3 Å². The third-order valence-corrected chi connectivity index (χ3v) is 3.12. The van der Waals surface area contributed by atoms with Crippen molar-refractivity contribution in [3.05, 3.63) is 12.7 Å². The lowest BCUT2D eigenvalue weighted by Crippen LogP contribution is -2.54. The van der Waals surface area contributed by atoms with E-state index >= 15 is 0 Å². The molecule has 11 heteroatoms. The van der Waals surface area contributed by atoms with Crippen molar-refractivity contribution in [1.29, 1.82) is 0 Å². The maximum atomic E-state index is 11.8.